The number of amides is 1. The van der Waals surface area contributed by atoms with E-state index in [1.54, 1.807) is 18.2 Å². The molecule has 0 atom stereocenters. The quantitative estimate of drug-likeness (QED) is 0.265. The number of carboxylic acids is 1. The van der Waals surface area contributed by atoms with Crippen molar-refractivity contribution in [3.63, 3.8) is 0 Å². The first-order valence-electron chi connectivity index (χ1n) is 9.23. The number of thiocarbonyl (C=S) groups is 1. The number of hydrogen-bond acceptors (Lipinski definition) is 7. The molecule has 9 heteroatoms. The third-order valence-electron chi connectivity index (χ3n) is 4.20. The van der Waals surface area contributed by atoms with Gasteiger partial charge in [0.15, 0.2) is 0 Å². The maximum absolute atomic E-state index is 12.4. The van der Waals surface area contributed by atoms with Crippen LogP contribution >= 0.6 is 35.3 Å². The van der Waals surface area contributed by atoms with Crippen LogP contribution < -0.4 is 0 Å². The highest BCUT2D eigenvalue weighted by Gasteiger charge is 2.33. The van der Waals surface area contributed by atoms with Gasteiger partial charge in [-0.3, -0.25) is 14.5 Å². The van der Waals surface area contributed by atoms with Gasteiger partial charge in [-0.15, -0.1) is 11.3 Å². The van der Waals surface area contributed by atoms with E-state index in [-0.39, 0.29) is 10.3 Å². The van der Waals surface area contributed by atoms with E-state index in [2.05, 4.69) is 0 Å². The number of ether oxygens (including phenoxy) is 1. The van der Waals surface area contributed by atoms with E-state index in [9.17, 15) is 14.4 Å². The van der Waals surface area contributed by atoms with Crippen LogP contribution in [0.5, 0.6) is 0 Å². The average molecular weight is 462 g/mol. The van der Waals surface area contributed by atoms with Crippen molar-refractivity contribution in [2.75, 3.05) is 13.2 Å². The van der Waals surface area contributed by atoms with Crippen LogP contribution in [0.15, 0.2) is 41.3 Å². The van der Waals surface area contributed by atoms with Gasteiger partial charge in [-0.25, -0.2) is 4.79 Å². The maximum Gasteiger partial charge on any atom is 0.338 e. The third kappa shape index (κ3) is 5.35. The van der Waals surface area contributed by atoms with Gasteiger partial charge in [-0.2, -0.15) is 0 Å². The van der Waals surface area contributed by atoms with Crippen molar-refractivity contribution in [1.29, 1.82) is 0 Å². The number of thioether (sulfide) groups is 1. The summed E-state index contributed by atoms with van der Waals surface area (Å²) in [6.07, 6.45) is 3.53. The molecule has 3 rings (SSSR count). The van der Waals surface area contributed by atoms with Gasteiger partial charge < -0.3 is 9.84 Å². The fourth-order valence-corrected chi connectivity index (χ4v) is 4.93. The molecule has 1 aromatic carbocycles. The minimum absolute atomic E-state index is 0.242. The predicted molar refractivity (Wildman–Crippen MR) is 122 cm³/mol. The summed E-state index contributed by atoms with van der Waals surface area (Å²) < 4.78 is 5.46. The number of thiophene rings is 1. The smallest absolute Gasteiger partial charge is 0.338 e. The summed E-state index contributed by atoms with van der Waals surface area (Å²) in [7, 11) is 0. The van der Waals surface area contributed by atoms with E-state index in [0.29, 0.717) is 17.1 Å². The Morgan fingerprint density at radius 3 is 2.60 bits per heavy atom. The Balaban J connectivity index is 1.70. The number of esters is 1. The Morgan fingerprint density at radius 2 is 1.93 bits per heavy atom. The molecule has 6 nitrogen and oxygen atoms in total. The van der Waals surface area contributed by atoms with Crippen LogP contribution in [0, 0.1) is 0 Å². The molecular formula is C21H19NO5S3. The van der Waals surface area contributed by atoms with Crippen molar-refractivity contribution >= 4 is 63.6 Å². The van der Waals surface area contributed by atoms with Gasteiger partial charge >= 0.3 is 11.9 Å². The number of benzene rings is 1. The Kier molecular flexibility index (Phi) is 7.41. The van der Waals surface area contributed by atoms with E-state index in [4.69, 9.17) is 22.1 Å². The summed E-state index contributed by atoms with van der Waals surface area (Å²) in [6.45, 7) is 2.02. The molecule has 1 fully saturated rings. The lowest BCUT2D eigenvalue weighted by Gasteiger charge is -2.09. The topological polar surface area (TPSA) is 83.9 Å². The number of unbranched alkanes of at least 4 members (excludes halogenated alkanes) is 1. The van der Waals surface area contributed by atoms with Crippen LogP contribution in [0.1, 0.15) is 35.0 Å². The molecule has 156 valence electrons. The van der Waals surface area contributed by atoms with Gasteiger partial charge in [0.25, 0.3) is 5.91 Å². The number of carboxylic acid groups (broad SMARTS) is 1. The molecule has 0 spiro atoms. The molecule has 0 unspecified atom stereocenters. The lowest BCUT2D eigenvalue weighted by Crippen LogP contribution is -2.33. The van der Waals surface area contributed by atoms with Gasteiger partial charge in [-0.1, -0.05) is 49.5 Å². The summed E-state index contributed by atoms with van der Waals surface area (Å²) in [6, 6.07) is 11.0. The fourth-order valence-electron chi connectivity index (χ4n) is 2.65. The summed E-state index contributed by atoms with van der Waals surface area (Å²) in [5.41, 5.74) is 1.46. The first-order chi connectivity index (χ1) is 14.4. The SMILES string of the molecule is CCCCOC(=O)c1ccc(-c2ccc(C=C3SC(=S)N(CC(=O)O)C3=O)s2)cc1. The number of aliphatic carboxylic acids is 1. The average Bonchev–Trinajstić information content (AvgIpc) is 3.28. The number of nitrogens with zero attached hydrogens (tertiary/aromatic N) is 1. The zero-order valence-corrected chi connectivity index (χ0v) is 18.6. The molecule has 30 heavy (non-hydrogen) atoms. The van der Waals surface area contributed by atoms with Crippen LogP contribution in [0.3, 0.4) is 0 Å². The van der Waals surface area contributed by atoms with Crippen molar-refractivity contribution < 1.29 is 24.2 Å². The van der Waals surface area contributed by atoms with E-state index >= 15 is 0 Å². The maximum atomic E-state index is 12.4. The van der Waals surface area contributed by atoms with Crippen LogP contribution in [-0.2, 0) is 14.3 Å². The van der Waals surface area contributed by atoms with Crippen molar-refractivity contribution in [3.05, 3.63) is 51.7 Å². The number of hydrogen-bond donors (Lipinski definition) is 1. The number of carbonyl (C=O) groups excluding carboxylic acids is 2. The second-order valence-corrected chi connectivity index (χ2v) is 9.22. The molecule has 1 saturated heterocycles. The van der Waals surface area contributed by atoms with Crippen LogP contribution in [0.4, 0.5) is 0 Å². The second-order valence-electron chi connectivity index (χ2n) is 6.43. The van der Waals surface area contributed by atoms with Crippen LogP contribution in [-0.4, -0.2) is 45.3 Å². The number of rotatable bonds is 8. The molecule has 1 amide bonds. The Bertz CT molecular complexity index is 1010. The summed E-state index contributed by atoms with van der Waals surface area (Å²) in [5.74, 6) is -1.83. The van der Waals surface area contributed by atoms with Gasteiger partial charge in [0.05, 0.1) is 17.1 Å². The molecule has 0 bridgehead atoms. The lowest BCUT2D eigenvalue weighted by molar-refractivity contribution is -0.140. The second kappa shape index (κ2) is 10.0. The van der Waals surface area contributed by atoms with Crippen molar-refractivity contribution in [2.45, 2.75) is 19.8 Å². The van der Waals surface area contributed by atoms with Gasteiger partial charge in [0.2, 0.25) is 0 Å². The summed E-state index contributed by atoms with van der Waals surface area (Å²) in [5, 5.41) is 8.91. The molecular weight excluding hydrogens is 442 g/mol. The molecule has 2 aromatic rings. The lowest BCUT2D eigenvalue weighted by atomic mass is 10.1. The zero-order chi connectivity index (χ0) is 21.7. The summed E-state index contributed by atoms with van der Waals surface area (Å²) >= 11 is 7.69. The minimum Gasteiger partial charge on any atom is -0.480 e. The molecule has 1 N–H and O–H groups in total. The number of carbonyl (C=O) groups is 3. The highest BCUT2D eigenvalue weighted by Crippen LogP contribution is 2.35. The molecule has 2 heterocycles. The van der Waals surface area contributed by atoms with Crippen LogP contribution in [0.2, 0.25) is 0 Å². The highest BCUT2D eigenvalue weighted by molar-refractivity contribution is 8.26. The van der Waals surface area contributed by atoms with Gasteiger partial charge in [0, 0.05) is 9.75 Å². The van der Waals surface area contributed by atoms with Crippen molar-refractivity contribution in [1.82, 2.24) is 4.90 Å². The van der Waals surface area contributed by atoms with E-state index in [1.807, 2.05) is 31.2 Å². The van der Waals surface area contributed by atoms with Crippen molar-refractivity contribution in [3.8, 4) is 10.4 Å². The molecule has 1 aliphatic heterocycles. The molecule has 1 aromatic heterocycles. The highest BCUT2D eigenvalue weighted by atomic mass is 32.2. The van der Waals surface area contributed by atoms with E-state index in [0.717, 1.165) is 44.8 Å². The minimum atomic E-state index is -1.11. The fraction of sp³-hybridized carbons (Fsp3) is 0.238. The predicted octanol–water partition coefficient (Wildman–Crippen LogP) is 4.66. The standard InChI is InChI=1S/C21H19NO5S3/c1-2-3-10-27-20(26)14-6-4-13(5-7-14)16-9-8-15(29-16)11-17-19(25)22(12-18(23)24)21(28)30-17/h4-9,11H,2-3,10,12H2,1H3,(H,23,24). The monoisotopic (exact) mass is 461 g/mol. The Labute approximate surface area is 187 Å². The Morgan fingerprint density at radius 1 is 1.20 bits per heavy atom. The largest absolute Gasteiger partial charge is 0.480 e. The molecule has 1 aliphatic rings. The van der Waals surface area contributed by atoms with Crippen molar-refractivity contribution in [2.24, 2.45) is 0 Å². The molecule has 0 radical (unpaired) electrons. The van der Waals surface area contributed by atoms with E-state index in [1.165, 1.54) is 11.3 Å². The first-order valence-corrected chi connectivity index (χ1v) is 11.3. The van der Waals surface area contributed by atoms with Gasteiger partial charge in [-0.05, 0) is 42.3 Å². The molecule has 0 aliphatic carbocycles. The van der Waals surface area contributed by atoms with Crippen LogP contribution in [0.25, 0.3) is 16.5 Å². The normalized spacial score (nSPS) is 15.1. The zero-order valence-electron chi connectivity index (χ0n) is 16.1. The first kappa shape index (κ1) is 22.2. The van der Waals surface area contributed by atoms with Gasteiger partial charge in [0.1, 0.15) is 10.9 Å². The third-order valence-corrected chi connectivity index (χ3v) is 6.66. The van der Waals surface area contributed by atoms with E-state index < -0.39 is 18.4 Å². The molecule has 0 saturated carbocycles. The summed E-state index contributed by atoms with van der Waals surface area (Å²) in [4.78, 5) is 38.6. The Hall–Kier alpha value is -2.49.